The number of hydrogen-bond acceptors (Lipinski definition) is 6. The van der Waals surface area contributed by atoms with E-state index in [1.807, 2.05) is 30.3 Å². The molecule has 6 nitrogen and oxygen atoms in total. The Morgan fingerprint density at radius 1 is 1.03 bits per heavy atom. The van der Waals surface area contributed by atoms with Crippen LogP contribution in [0.25, 0.3) is 6.08 Å². The van der Waals surface area contributed by atoms with Crippen molar-refractivity contribution in [1.82, 2.24) is 4.90 Å². The van der Waals surface area contributed by atoms with Crippen LogP contribution in [0.4, 0.5) is 9.18 Å². The summed E-state index contributed by atoms with van der Waals surface area (Å²) in [6.45, 7) is 0.577. The van der Waals surface area contributed by atoms with E-state index < -0.39 is 0 Å². The lowest BCUT2D eigenvalue weighted by molar-refractivity contribution is -0.123. The first-order valence-electron chi connectivity index (χ1n) is 10.6. The average Bonchev–Trinajstić information content (AvgIpc) is 3.12. The summed E-state index contributed by atoms with van der Waals surface area (Å²) in [5.41, 5.74) is 1.46. The number of para-hydroxylation sites is 1. The Bertz CT molecular complexity index is 1250. The highest BCUT2D eigenvalue weighted by Gasteiger charge is 2.34. The van der Waals surface area contributed by atoms with Gasteiger partial charge >= 0.3 is 0 Å². The number of carbonyl (C=O) groups is 2. The Kier molecular flexibility index (Phi) is 8.09. The van der Waals surface area contributed by atoms with Gasteiger partial charge in [0.2, 0.25) is 0 Å². The summed E-state index contributed by atoms with van der Waals surface area (Å²) in [6, 6.07) is 18.7. The molecule has 0 bridgehead atoms. The fourth-order valence-corrected chi connectivity index (χ4v) is 4.75. The van der Waals surface area contributed by atoms with Crippen LogP contribution in [0.5, 0.6) is 17.2 Å². The highest BCUT2D eigenvalue weighted by molar-refractivity contribution is 9.10. The van der Waals surface area contributed by atoms with Crippen LogP contribution in [0.1, 0.15) is 11.1 Å². The summed E-state index contributed by atoms with van der Waals surface area (Å²) < 4.78 is 30.7. The number of imide groups is 1. The lowest BCUT2D eigenvalue weighted by Crippen LogP contribution is -2.32. The van der Waals surface area contributed by atoms with Crippen LogP contribution in [0.2, 0.25) is 0 Å². The Labute approximate surface area is 214 Å². The van der Waals surface area contributed by atoms with Crippen molar-refractivity contribution in [2.24, 2.45) is 0 Å². The summed E-state index contributed by atoms with van der Waals surface area (Å²) in [7, 11) is 1.51. The molecule has 2 amide bonds. The standard InChI is InChI=1S/C26H21BrFNO5S/c1-32-22-14-18(13-21(27)24(22)34-16-17-7-9-19(28)10-8-17)15-23-25(30)29(26(31)35-23)11-12-33-20-5-3-2-4-6-20/h2-10,13-15H,11-12,16H2,1H3/b23-15-. The summed E-state index contributed by atoms with van der Waals surface area (Å²) >= 11 is 4.37. The zero-order chi connectivity index (χ0) is 24.8. The van der Waals surface area contributed by atoms with E-state index >= 15 is 0 Å². The van der Waals surface area contributed by atoms with Crippen LogP contribution in [0, 0.1) is 5.82 Å². The molecule has 180 valence electrons. The fourth-order valence-electron chi connectivity index (χ4n) is 3.31. The van der Waals surface area contributed by atoms with Crippen molar-refractivity contribution in [3.05, 3.63) is 93.1 Å². The minimum absolute atomic E-state index is 0.153. The van der Waals surface area contributed by atoms with Crippen molar-refractivity contribution in [3.8, 4) is 17.2 Å². The van der Waals surface area contributed by atoms with Crippen LogP contribution < -0.4 is 14.2 Å². The third-order valence-corrected chi connectivity index (χ3v) is 6.54. The second-order valence-electron chi connectivity index (χ2n) is 7.44. The van der Waals surface area contributed by atoms with Crippen LogP contribution in [-0.2, 0) is 11.4 Å². The smallest absolute Gasteiger partial charge is 0.293 e. The normalized spacial score (nSPS) is 14.5. The lowest BCUT2D eigenvalue weighted by atomic mass is 10.1. The van der Waals surface area contributed by atoms with E-state index in [-0.39, 0.29) is 36.7 Å². The predicted molar refractivity (Wildman–Crippen MR) is 136 cm³/mol. The number of thioether (sulfide) groups is 1. The van der Waals surface area contributed by atoms with E-state index in [9.17, 15) is 14.0 Å². The van der Waals surface area contributed by atoms with Gasteiger partial charge in [0.25, 0.3) is 11.1 Å². The van der Waals surface area contributed by atoms with Gasteiger partial charge in [-0.15, -0.1) is 0 Å². The number of ether oxygens (including phenoxy) is 3. The topological polar surface area (TPSA) is 65.1 Å². The second-order valence-corrected chi connectivity index (χ2v) is 9.29. The maximum absolute atomic E-state index is 13.1. The molecule has 1 heterocycles. The highest BCUT2D eigenvalue weighted by atomic mass is 79.9. The molecule has 0 radical (unpaired) electrons. The van der Waals surface area contributed by atoms with Gasteiger partial charge < -0.3 is 14.2 Å². The van der Waals surface area contributed by atoms with Gasteiger partial charge in [-0.25, -0.2) is 4.39 Å². The van der Waals surface area contributed by atoms with Gasteiger partial charge in [-0.3, -0.25) is 14.5 Å². The van der Waals surface area contributed by atoms with Crippen LogP contribution in [0.3, 0.4) is 0 Å². The van der Waals surface area contributed by atoms with Gasteiger partial charge in [-0.2, -0.15) is 0 Å². The summed E-state index contributed by atoms with van der Waals surface area (Å²) in [5, 5.41) is -0.344. The summed E-state index contributed by atoms with van der Waals surface area (Å²) in [6.07, 6.45) is 1.64. The number of methoxy groups -OCH3 is 1. The Morgan fingerprint density at radius 3 is 2.49 bits per heavy atom. The van der Waals surface area contributed by atoms with Gasteiger partial charge in [-0.05, 0) is 81.3 Å². The molecule has 3 aromatic rings. The number of hydrogen-bond donors (Lipinski definition) is 0. The second kappa shape index (κ2) is 11.4. The van der Waals surface area contributed by atoms with Crippen molar-refractivity contribution in [2.75, 3.05) is 20.3 Å². The maximum atomic E-state index is 13.1. The average molecular weight is 558 g/mol. The first kappa shape index (κ1) is 24.8. The molecule has 0 aromatic heterocycles. The highest BCUT2D eigenvalue weighted by Crippen LogP contribution is 2.39. The molecule has 0 N–H and O–H groups in total. The Hall–Kier alpha value is -3.30. The van der Waals surface area contributed by atoms with Gasteiger partial charge in [-0.1, -0.05) is 30.3 Å². The van der Waals surface area contributed by atoms with E-state index in [4.69, 9.17) is 14.2 Å². The lowest BCUT2D eigenvalue weighted by Gasteiger charge is -2.14. The zero-order valence-electron chi connectivity index (χ0n) is 18.7. The molecule has 3 aromatic carbocycles. The molecule has 0 saturated carbocycles. The molecule has 35 heavy (non-hydrogen) atoms. The molecule has 1 fully saturated rings. The Balaban J connectivity index is 1.44. The number of halogens is 2. The number of nitrogens with zero attached hydrogens (tertiary/aromatic N) is 1. The first-order chi connectivity index (χ1) is 16.9. The number of benzene rings is 3. The largest absolute Gasteiger partial charge is 0.493 e. The van der Waals surface area contributed by atoms with Crippen molar-refractivity contribution in [1.29, 1.82) is 0 Å². The molecule has 0 spiro atoms. The molecule has 0 aliphatic carbocycles. The van der Waals surface area contributed by atoms with Crippen molar-refractivity contribution in [3.63, 3.8) is 0 Å². The molecule has 4 rings (SSSR count). The van der Waals surface area contributed by atoms with Gasteiger partial charge in [0.05, 0.1) is 23.0 Å². The maximum Gasteiger partial charge on any atom is 0.293 e. The van der Waals surface area contributed by atoms with Crippen LogP contribution in [0.15, 0.2) is 76.1 Å². The van der Waals surface area contributed by atoms with Gasteiger partial charge in [0.15, 0.2) is 11.5 Å². The minimum atomic E-state index is -0.372. The monoisotopic (exact) mass is 557 g/mol. The van der Waals surface area contributed by atoms with E-state index in [0.717, 1.165) is 17.3 Å². The molecule has 1 aliphatic rings. The Morgan fingerprint density at radius 2 is 1.77 bits per heavy atom. The van der Waals surface area contributed by atoms with Gasteiger partial charge in [0, 0.05) is 0 Å². The number of amides is 2. The molecule has 9 heteroatoms. The van der Waals surface area contributed by atoms with E-state index in [1.54, 1.807) is 30.3 Å². The third-order valence-electron chi connectivity index (χ3n) is 5.05. The van der Waals surface area contributed by atoms with Crippen molar-refractivity contribution in [2.45, 2.75) is 6.61 Å². The van der Waals surface area contributed by atoms with E-state index in [0.29, 0.717) is 32.2 Å². The first-order valence-corrected chi connectivity index (χ1v) is 12.2. The van der Waals surface area contributed by atoms with E-state index in [1.165, 1.54) is 24.1 Å². The van der Waals surface area contributed by atoms with Crippen LogP contribution >= 0.6 is 27.7 Å². The third kappa shape index (κ3) is 6.23. The fraction of sp³-hybridized carbons (Fsp3) is 0.154. The molecule has 0 unspecified atom stereocenters. The van der Waals surface area contributed by atoms with Crippen molar-refractivity contribution >= 4 is 44.9 Å². The molecular weight excluding hydrogens is 537 g/mol. The molecule has 0 atom stereocenters. The quantitative estimate of drug-likeness (QED) is 0.288. The summed E-state index contributed by atoms with van der Waals surface area (Å²) in [4.78, 5) is 26.7. The predicted octanol–water partition coefficient (Wildman–Crippen LogP) is 6.29. The molecular formula is C26H21BrFNO5S. The number of rotatable bonds is 9. The van der Waals surface area contributed by atoms with E-state index in [2.05, 4.69) is 15.9 Å². The zero-order valence-corrected chi connectivity index (χ0v) is 21.1. The molecule has 1 saturated heterocycles. The summed E-state index contributed by atoms with van der Waals surface area (Å²) in [5.74, 6) is 0.908. The number of carbonyl (C=O) groups excluding carboxylic acids is 2. The molecule has 1 aliphatic heterocycles. The SMILES string of the molecule is COc1cc(/C=C2\SC(=O)N(CCOc3ccccc3)C2=O)cc(Br)c1OCc1ccc(F)cc1. The van der Waals surface area contributed by atoms with Crippen LogP contribution in [-0.4, -0.2) is 36.3 Å². The van der Waals surface area contributed by atoms with Crippen molar-refractivity contribution < 1.29 is 28.2 Å². The van der Waals surface area contributed by atoms with Gasteiger partial charge in [0.1, 0.15) is 24.8 Å². The minimum Gasteiger partial charge on any atom is -0.493 e.